The highest BCUT2D eigenvalue weighted by atomic mass is 32.1. The normalized spacial score (nSPS) is 11.2. The van der Waals surface area contributed by atoms with Crippen molar-refractivity contribution in [1.82, 2.24) is 4.98 Å². The van der Waals surface area contributed by atoms with Gasteiger partial charge in [-0.15, -0.1) is 11.3 Å². The first kappa shape index (κ1) is 22.5. The van der Waals surface area contributed by atoms with Crippen LogP contribution in [0.25, 0.3) is 10.4 Å². The van der Waals surface area contributed by atoms with Gasteiger partial charge >= 0.3 is 0 Å². The summed E-state index contributed by atoms with van der Waals surface area (Å²) in [5.41, 5.74) is 1.57. The van der Waals surface area contributed by atoms with Crippen molar-refractivity contribution in [3.63, 3.8) is 0 Å². The number of aromatic nitrogens is 1. The van der Waals surface area contributed by atoms with Gasteiger partial charge in [-0.2, -0.15) is 0 Å². The lowest BCUT2D eigenvalue weighted by molar-refractivity contribution is -0.120. The number of aromatic hydroxyl groups is 1. The average molecular weight is 440 g/mol. The van der Waals surface area contributed by atoms with Gasteiger partial charge < -0.3 is 14.6 Å². The van der Waals surface area contributed by atoms with Gasteiger partial charge in [-0.05, 0) is 42.2 Å². The zero-order valence-corrected chi connectivity index (χ0v) is 18.8. The smallest absolute Gasteiger partial charge is 0.298 e. The Morgan fingerprint density at radius 1 is 1.23 bits per heavy atom. The molecule has 1 N–H and O–H groups in total. The van der Waals surface area contributed by atoms with E-state index in [0.29, 0.717) is 35.5 Å². The van der Waals surface area contributed by atoms with Crippen LogP contribution < -0.4 is 9.47 Å². The predicted molar refractivity (Wildman–Crippen MR) is 120 cm³/mol. The number of ether oxygens (including phenoxy) is 2. The molecule has 0 saturated carbocycles. The lowest BCUT2D eigenvalue weighted by atomic mass is 9.87. The van der Waals surface area contributed by atoms with Crippen LogP contribution in [0.5, 0.6) is 17.2 Å². The first-order chi connectivity index (χ1) is 14.7. The fourth-order valence-electron chi connectivity index (χ4n) is 3.07. The Kier molecular flexibility index (Phi) is 6.75. The van der Waals surface area contributed by atoms with Crippen molar-refractivity contribution >= 4 is 23.6 Å². The second kappa shape index (κ2) is 9.31. The highest BCUT2D eigenvalue weighted by Crippen LogP contribution is 2.34. The van der Waals surface area contributed by atoms with Gasteiger partial charge in [-0.3, -0.25) is 9.59 Å². The van der Waals surface area contributed by atoms with Crippen LogP contribution in [0.3, 0.4) is 0 Å². The number of thiazole rings is 1. The van der Waals surface area contributed by atoms with Crippen molar-refractivity contribution < 1.29 is 24.2 Å². The van der Waals surface area contributed by atoms with E-state index in [1.807, 2.05) is 26.8 Å². The molecule has 0 amide bonds. The number of carbonyl (C=O) groups excluding carboxylic acids is 2. The van der Waals surface area contributed by atoms with Crippen LogP contribution in [0.4, 0.5) is 0 Å². The standard InChI is InChI=1S/C24H25NO5S/c1-15-20(9-8-18(23(15)28)19(27)11-24(2,3)4)29-13-22-25-12-21(31-22)16-6-5-7-17(10-16)30-14-26/h5-10,12,14,28H,11,13H2,1-4H3. The summed E-state index contributed by atoms with van der Waals surface area (Å²) < 4.78 is 10.7. The average Bonchev–Trinajstić information content (AvgIpc) is 3.17. The van der Waals surface area contributed by atoms with Crippen molar-refractivity contribution in [3.8, 4) is 27.7 Å². The third-order valence-electron chi connectivity index (χ3n) is 4.58. The van der Waals surface area contributed by atoms with E-state index < -0.39 is 0 Å². The first-order valence-electron chi connectivity index (χ1n) is 9.82. The molecule has 0 aliphatic carbocycles. The topological polar surface area (TPSA) is 85.7 Å². The fourth-order valence-corrected chi connectivity index (χ4v) is 3.90. The summed E-state index contributed by atoms with van der Waals surface area (Å²) >= 11 is 1.46. The van der Waals surface area contributed by atoms with E-state index in [2.05, 4.69) is 4.98 Å². The van der Waals surface area contributed by atoms with E-state index in [9.17, 15) is 14.7 Å². The molecule has 0 unspecified atom stereocenters. The Labute approximate surface area is 185 Å². The van der Waals surface area contributed by atoms with Gasteiger partial charge in [-0.25, -0.2) is 4.98 Å². The van der Waals surface area contributed by atoms with Crippen LogP contribution in [0, 0.1) is 12.3 Å². The molecule has 1 heterocycles. The van der Waals surface area contributed by atoms with Crippen LogP contribution in [-0.4, -0.2) is 22.3 Å². The van der Waals surface area contributed by atoms with E-state index in [-0.39, 0.29) is 23.6 Å². The van der Waals surface area contributed by atoms with Crippen LogP contribution >= 0.6 is 11.3 Å². The minimum atomic E-state index is -0.159. The Morgan fingerprint density at radius 2 is 2.00 bits per heavy atom. The largest absolute Gasteiger partial charge is 0.507 e. The van der Waals surface area contributed by atoms with E-state index in [1.54, 1.807) is 43.5 Å². The number of phenols is 1. The monoisotopic (exact) mass is 439 g/mol. The molecule has 3 aromatic rings. The SMILES string of the molecule is Cc1c(OCc2ncc(-c3cccc(OC=O)c3)s2)ccc(C(=O)CC(C)(C)C)c1O. The van der Waals surface area contributed by atoms with Gasteiger partial charge in [0.05, 0.1) is 10.4 Å². The van der Waals surface area contributed by atoms with Crippen molar-refractivity contribution in [3.05, 3.63) is 58.7 Å². The number of carbonyl (C=O) groups is 2. The summed E-state index contributed by atoms with van der Waals surface area (Å²) in [4.78, 5) is 28.3. The Hall–Kier alpha value is -3.19. The van der Waals surface area contributed by atoms with Crippen LogP contribution in [-0.2, 0) is 11.4 Å². The molecule has 7 heteroatoms. The number of hydrogen-bond donors (Lipinski definition) is 1. The maximum Gasteiger partial charge on any atom is 0.298 e. The lowest BCUT2D eigenvalue weighted by Crippen LogP contribution is -2.13. The maximum absolute atomic E-state index is 12.5. The molecule has 31 heavy (non-hydrogen) atoms. The molecular weight excluding hydrogens is 414 g/mol. The van der Waals surface area contributed by atoms with Crippen LogP contribution in [0.15, 0.2) is 42.6 Å². The third-order valence-corrected chi connectivity index (χ3v) is 5.60. The van der Waals surface area contributed by atoms with Crippen molar-refractivity contribution in [2.45, 2.75) is 40.7 Å². The highest BCUT2D eigenvalue weighted by Gasteiger charge is 2.21. The minimum absolute atomic E-state index is 0.0430. The second-order valence-corrected chi connectivity index (χ2v) is 9.51. The van der Waals surface area contributed by atoms with Gasteiger partial charge in [0, 0.05) is 18.2 Å². The molecule has 0 atom stereocenters. The molecule has 0 radical (unpaired) electrons. The zero-order chi connectivity index (χ0) is 22.6. The van der Waals surface area contributed by atoms with Gasteiger partial charge in [0.2, 0.25) is 0 Å². The number of hydrogen-bond acceptors (Lipinski definition) is 7. The summed E-state index contributed by atoms with van der Waals surface area (Å²) in [7, 11) is 0. The van der Waals surface area contributed by atoms with Crippen molar-refractivity contribution in [2.24, 2.45) is 5.41 Å². The molecule has 0 bridgehead atoms. The third kappa shape index (κ3) is 5.70. The lowest BCUT2D eigenvalue weighted by Gasteiger charge is -2.18. The molecule has 0 saturated heterocycles. The molecule has 2 aromatic carbocycles. The number of nitrogens with zero attached hydrogens (tertiary/aromatic N) is 1. The first-order valence-corrected chi connectivity index (χ1v) is 10.6. The second-order valence-electron chi connectivity index (χ2n) is 8.39. The van der Waals surface area contributed by atoms with Crippen molar-refractivity contribution in [1.29, 1.82) is 0 Å². The molecule has 0 aliphatic heterocycles. The number of Topliss-reactive ketones (excluding diaryl/α,β-unsaturated/α-hetero) is 1. The van der Waals surface area contributed by atoms with E-state index >= 15 is 0 Å². The Balaban J connectivity index is 1.71. The Morgan fingerprint density at radius 3 is 2.71 bits per heavy atom. The molecule has 0 aliphatic rings. The predicted octanol–water partition coefficient (Wildman–Crippen LogP) is 5.56. The molecule has 1 aromatic heterocycles. The molecule has 162 valence electrons. The maximum atomic E-state index is 12.5. The van der Waals surface area contributed by atoms with E-state index in [1.165, 1.54) is 11.3 Å². The van der Waals surface area contributed by atoms with Gasteiger partial charge in [-0.1, -0.05) is 32.9 Å². The number of benzene rings is 2. The summed E-state index contributed by atoms with van der Waals surface area (Å²) in [6.07, 6.45) is 2.09. The quantitative estimate of drug-likeness (QED) is 0.365. The number of ketones is 1. The number of phenolic OH excluding ortho intramolecular Hbond substituents is 1. The number of rotatable bonds is 8. The van der Waals surface area contributed by atoms with Gasteiger partial charge in [0.1, 0.15) is 28.9 Å². The molecule has 6 nitrogen and oxygen atoms in total. The van der Waals surface area contributed by atoms with Gasteiger partial charge in [0.15, 0.2) is 5.78 Å². The van der Waals surface area contributed by atoms with Crippen LogP contribution in [0.2, 0.25) is 0 Å². The van der Waals surface area contributed by atoms with E-state index in [4.69, 9.17) is 9.47 Å². The van der Waals surface area contributed by atoms with E-state index in [0.717, 1.165) is 15.4 Å². The summed E-state index contributed by atoms with van der Waals surface area (Å²) in [6.45, 7) is 8.31. The molecular formula is C24H25NO5S. The fraction of sp³-hybridized carbons (Fsp3) is 0.292. The zero-order valence-electron chi connectivity index (χ0n) is 18.0. The van der Waals surface area contributed by atoms with Crippen LogP contribution in [0.1, 0.15) is 48.1 Å². The minimum Gasteiger partial charge on any atom is -0.507 e. The molecule has 3 rings (SSSR count). The molecule has 0 fully saturated rings. The Bertz CT molecular complexity index is 1100. The van der Waals surface area contributed by atoms with Crippen molar-refractivity contribution in [2.75, 3.05) is 0 Å². The summed E-state index contributed by atoms with van der Waals surface area (Å²) in [6, 6.07) is 10.5. The van der Waals surface area contributed by atoms with Gasteiger partial charge in [0.25, 0.3) is 6.47 Å². The summed E-state index contributed by atoms with van der Waals surface area (Å²) in [5.74, 6) is 0.831. The summed E-state index contributed by atoms with van der Waals surface area (Å²) in [5, 5.41) is 11.3. The molecule has 0 spiro atoms. The highest BCUT2D eigenvalue weighted by molar-refractivity contribution is 7.15.